The van der Waals surface area contributed by atoms with E-state index in [9.17, 15) is 4.79 Å². The van der Waals surface area contributed by atoms with Gasteiger partial charge in [-0.2, -0.15) is 9.78 Å². The monoisotopic (exact) mass is 477 g/mol. The van der Waals surface area contributed by atoms with Crippen LogP contribution in [0.5, 0.6) is 0 Å². The van der Waals surface area contributed by atoms with Crippen LogP contribution in [0.4, 0.5) is 5.82 Å². The molecule has 0 saturated carbocycles. The number of anilines is 1. The molecule has 0 spiro atoms. The van der Waals surface area contributed by atoms with Gasteiger partial charge < -0.3 is 5.73 Å². The summed E-state index contributed by atoms with van der Waals surface area (Å²) in [5.74, 6) is -0.0256. The lowest BCUT2D eigenvalue weighted by Crippen LogP contribution is -2.20. The fourth-order valence-electron chi connectivity index (χ4n) is 2.92. The smallest absolute Gasteiger partial charge is 0.293 e. The minimum Gasteiger partial charge on any atom is -0.378 e. The predicted octanol–water partition coefficient (Wildman–Crippen LogP) is 2.90. The average Bonchev–Trinajstić information content (AvgIpc) is 3.55. The number of nitrogens with one attached hydrogen (secondary N) is 1. The van der Waals surface area contributed by atoms with E-state index in [2.05, 4.69) is 40.8 Å². The third-order valence-corrected chi connectivity index (χ3v) is 6.65. The Morgan fingerprint density at radius 3 is 2.79 bits per heavy atom. The molecule has 0 unspecified atom stereocenters. The number of amides is 1. The number of benzene rings is 2. The molecule has 13 heteroatoms. The Balaban J connectivity index is 1.41. The van der Waals surface area contributed by atoms with E-state index in [4.69, 9.17) is 5.73 Å². The topological polar surface area (TPSA) is 150 Å². The highest BCUT2D eigenvalue weighted by atomic mass is 32.2. The van der Waals surface area contributed by atoms with Crippen molar-refractivity contribution in [3.63, 3.8) is 0 Å². The molecule has 5 aromatic rings. The number of hydrogen-bond donors (Lipinski definition) is 2. The van der Waals surface area contributed by atoms with Crippen molar-refractivity contribution in [2.75, 3.05) is 5.73 Å². The maximum absolute atomic E-state index is 12.8. The van der Waals surface area contributed by atoms with Gasteiger partial charge in [-0.1, -0.05) is 59.4 Å². The molecule has 0 aliphatic carbocycles. The largest absolute Gasteiger partial charge is 0.378 e. The molecule has 0 fully saturated rings. The molecule has 33 heavy (non-hydrogen) atoms. The Bertz CT molecular complexity index is 1410. The van der Waals surface area contributed by atoms with Crippen molar-refractivity contribution in [3.05, 3.63) is 71.5 Å². The van der Waals surface area contributed by atoms with Gasteiger partial charge in [0.05, 0.1) is 22.1 Å². The number of fused-ring (bicyclic) bond motifs is 1. The molecule has 0 atom stereocenters. The molecule has 1 amide bonds. The van der Waals surface area contributed by atoms with E-state index in [1.54, 1.807) is 11.3 Å². The van der Waals surface area contributed by atoms with Crippen LogP contribution in [0.2, 0.25) is 0 Å². The summed E-state index contributed by atoms with van der Waals surface area (Å²) in [6.45, 7) is 0. The van der Waals surface area contributed by atoms with Crippen LogP contribution in [0.25, 0.3) is 16.0 Å². The third-order valence-electron chi connectivity index (χ3n) is 4.46. The van der Waals surface area contributed by atoms with Gasteiger partial charge >= 0.3 is 0 Å². The van der Waals surface area contributed by atoms with Gasteiger partial charge in [0.25, 0.3) is 5.91 Å². The van der Waals surface area contributed by atoms with Gasteiger partial charge in [-0.15, -0.1) is 16.4 Å². The summed E-state index contributed by atoms with van der Waals surface area (Å²) in [6.07, 6.45) is 1.54. The van der Waals surface area contributed by atoms with Crippen LogP contribution >= 0.6 is 23.1 Å². The molecule has 0 aliphatic rings. The van der Waals surface area contributed by atoms with Gasteiger partial charge in [-0.05, 0) is 28.0 Å². The van der Waals surface area contributed by atoms with Crippen LogP contribution in [-0.4, -0.2) is 42.4 Å². The summed E-state index contributed by atoms with van der Waals surface area (Å²) in [5, 5.41) is 19.4. The predicted molar refractivity (Wildman–Crippen MR) is 124 cm³/mol. The van der Waals surface area contributed by atoms with E-state index in [-0.39, 0.29) is 17.3 Å². The lowest BCUT2D eigenvalue weighted by Gasteiger charge is -2.04. The standard InChI is InChI=1S/C20H15N9O2S2/c21-17-18(27-31-26-17)29-14(11-32-20-23-13-8-4-5-9-15(13)33-20)16(24-28-29)19(30)25-22-10-12-6-2-1-3-7-12/h1-10H,11H2,(H2,21,26)(H,25,30). The lowest BCUT2D eigenvalue weighted by atomic mass is 10.2. The van der Waals surface area contributed by atoms with Gasteiger partial charge in [0.2, 0.25) is 11.6 Å². The van der Waals surface area contributed by atoms with Crippen molar-refractivity contribution >= 4 is 51.3 Å². The Labute approximate surface area is 194 Å². The van der Waals surface area contributed by atoms with E-state index in [0.29, 0.717) is 11.4 Å². The molecule has 0 bridgehead atoms. The molecule has 5 rings (SSSR count). The molecule has 0 aliphatic heterocycles. The average molecular weight is 478 g/mol. The molecule has 3 N–H and O–H groups in total. The number of rotatable bonds is 7. The number of aromatic nitrogens is 6. The Morgan fingerprint density at radius 1 is 1.18 bits per heavy atom. The van der Waals surface area contributed by atoms with Crippen molar-refractivity contribution in [3.8, 4) is 5.82 Å². The molecule has 164 valence electrons. The summed E-state index contributed by atoms with van der Waals surface area (Å²) in [6, 6.07) is 17.3. The van der Waals surface area contributed by atoms with Crippen LogP contribution in [0, 0.1) is 0 Å². The van der Waals surface area contributed by atoms with Crippen molar-refractivity contribution < 1.29 is 9.42 Å². The summed E-state index contributed by atoms with van der Waals surface area (Å²) < 4.78 is 7.93. The minimum absolute atomic E-state index is 0.0280. The number of nitrogen functional groups attached to an aromatic ring is 1. The molecule has 11 nitrogen and oxygen atoms in total. The number of thioether (sulfide) groups is 1. The molecular formula is C20H15N9O2S2. The molecule has 2 aromatic carbocycles. The van der Waals surface area contributed by atoms with E-state index in [0.717, 1.165) is 20.1 Å². The zero-order valence-electron chi connectivity index (χ0n) is 16.8. The summed E-state index contributed by atoms with van der Waals surface area (Å²) in [7, 11) is 0. The fraction of sp³-hybridized carbons (Fsp3) is 0.0500. The summed E-state index contributed by atoms with van der Waals surface area (Å²) in [5.41, 5.74) is 10.6. The molecule has 0 saturated heterocycles. The molecule has 3 heterocycles. The quantitative estimate of drug-likeness (QED) is 0.205. The zero-order chi connectivity index (χ0) is 22.6. The Kier molecular flexibility index (Phi) is 5.78. The number of hydrazone groups is 1. The number of nitrogens with zero attached hydrogens (tertiary/aromatic N) is 7. The Morgan fingerprint density at radius 2 is 2.00 bits per heavy atom. The molecule has 0 radical (unpaired) electrons. The van der Waals surface area contributed by atoms with E-state index >= 15 is 0 Å². The van der Waals surface area contributed by atoms with E-state index in [1.165, 1.54) is 22.7 Å². The summed E-state index contributed by atoms with van der Waals surface area (Å²) >= 11 is 3.00. The second-order valence-corrected chi connectivity index (χ2v) is 8.87. The van der Waals surface area contributed by atoms with Crippen molar-refractivity contribution in [1.29, 1.82) is 0 Å². The highest BCUT2D eigenvalue weighted by Crippen LogP contribution is 2.32. The number of hydrogen-bond acceptors (Lipinski definition) is 11. The van der Waals surface area contributed by atoms with Crippen LogP contribution in [0.15, 0.2) is 68.7 Å². The lowest BCUT2D eigenvalue weighted by molar-refractivity contribution is 0.0949. The highest BCUT2D eigenvalue weighted by Gasteiger charge is 2.24. The first-order chi connectivity index (χ1) is 16.2. The summed E-state index contributed by atoms with van der Waals surface area (Å²) in [4.78, 5) is 17.4. The first kappa shape index (κ1) is 20.8. The second-order valence-electron chi connectivity index (χ2n) is 6.62. The van der Waals surface area contributed by atoms with Crippen LogP contribution < -0.4 is 11.2 Å². The third kappa shape index (κ3) is 4.44. The number of carbonyl (C=O) groups excluding carboxylic acids is 1. The van der Waals surface area contributed by atoms with Crippen LogP contribution in [-0.2, 0) is 5.75 Å². The van der Waals surface area contributed by atoms with E-state index < -0.39 is 5.91 Å². The van der Waals surface area contributed by atoms with Gasteiger partial charge in [0.1, 0.15) is 0 Å². The van der Waals surface area contributed by atoms with Crippen LogP contribution in [0.3, 0.4) is 0 Å². The number of thiazole rings is 1. The normalized spacial score (nSPS) is 11.4. The number of nitrogens with two attached hydrogens (primary N) is 1. The van der Waals surface area contributed by atoms with E-state index in [1.807, 2.05) is 54.6 Å². The minimum atomic E-state index is -0.525. The number of para-hydroxylation sites is 1. The van der Waals surface area contributed by atoms with Gasteiger partial charge in [0, 0.05) is 5.75 Å². The van der Waals surface area contributed by atoms with Crippen molar-refractivity contribution in [2.45, 2.75) is 10.1 Å². The van der Waals surface area contributed by atoms with Crippen molar-refractivity contribution in [2.24, 2.45) is 5.10 Å². The highest BCUT2D eigenvalue weighted by molar-refractivity contribution is 8.00. The first-order valence-electron chi connectivity index (χ1n) is 9.59. The fourth-order valence-corrected chi connectivity index (χ4v) is 4.98. The second kappa shape index (κ2) is 9.18. The SMILES string of the molecule is Nc1nonc1-n1nnc(C(=O)NN=Cc2ccccc2)c1CSc1nc2ccccc2s1. The zero-order valence-corrected chi connectivity index (χ0v) is 18.5. The maximum Gasteiger partial charge on any atom is 0.293 e. The van der Waals surface area contributed by atoms with Gasteiger partial charge in [0.15, 0.2) is 10.0 Å². The van der Waals surface area contributed by atoms with Crippen LogP contribution in [0.1, 0.15) is 21.7 Å². The maximum atomic E-state index is 12.8. The number of carbonyl (C=O) groups is 1. The molecular weight excluding hydrogens is 462 g/mol. The molecule has 3 aromatic heterocycles. The van der Waals surface area contributed by atoms with Gasteiger partial charge in [-0.25, -0.2) is 15.0 Å². The van der Waals surface area contributed by atoms with Crippen molar-refractivity contribution in [1.82, 2.24) is 35.7 Å². The Hall–Kier alpha value is -4.10. The first-order valence-corrected chi connectivity index (χ1v) is 11.4. The van der Waals surface area contributed by atoms with Gasteiger partial charge in [-0.3, -0.25) is 4.79 Å².